The Hall–Kier alpha value is -0.710. The molecular formula is C14H19BrFNO. The van der Waals surface area contributed by atoms with Crippen molar-refractivity contribution in [2.24, 2.45) is 0 Å². The topological polar surface area (TPSA) is 21.3 Å². The van der Waals surface area contributed by atoms with Crippen molar-refractivity contribution < 1.29 is 9.13 Å². The van der Waals surface area contributed by atoms with Crippen LogP contribution in [-0.2, 0) is 11.2 Å². The van der Waals surface area contributed by atoms with Gasteiger partial charge in [-0.2, -0.15) is 0 Å². The van der Waals surface area contributed by atoms with E-state index >= 15 is 0 Å². The number of hydrogen-bond donors (Lipinski definition) is 1. The maximum absolute atomic E-state index is 13.0. The molecule has 1 aromatic carbocycles. The zero-order valence-electron chi connectivity index (χ0n) is 10.6. The van der Waals surface area contributed by atoms with Gasteiger partial charge in [-0.1, -0.05) is 28.1 Å². The summed E-state index contributed by atoms with van der Waals surface area (Å²) in [7, 11) is 1.69. The number of benzene rings is 1. The van der Waals surface area contributed by atoms with Crippen molar-refractivity contribution in [3.05, 3.63) is 46.2 Å². The second-order valence-electron chi connectivity index (χ2n) is 3.94. The molecule has 0 atom stereocenters. The Morgan fingerprint density at radius 1 is 1.33 bits per heavy atom. The summed E-state index contributed by atoms with van der Waals surface area (Å²) < 4.78 is 18.9. The van der Waals surface area contributed by atoms with E-state index in [2.05, 4.69) is 33.4 Å². The van der Waals surface area contributed by atoms with Gasteiger partial charge in [-0.15, -0.1) is 0 Å². The van der Waals surface area contributed by atoms with Gasteiger partial charge in [0.25, 0.3) is 0 Å². The predicted molar refractivity (Wildman–Crippen MR) is 76.3 cm³/mol. The van der Waals surface area contributed by atoms with E-state index in [-0.39, 0.29) is 5.82 Å². The molecule has 0 unspecified atom stereocenters. The van der Waals surface area contributed by atoms with E-state index in [4.69, 9.17) is 4.74 Å². The maximum Gasteiger partial charge on any atom is 0.123 e. The van der Waals surface area contributed by atoms with Gasteiger partial charge >= 0.3 is 0 Å². The molecule has 0 amide bonds. The molecule has 0 spiro atoms. The lowest BCUT2D eigenvalue weighted by molar-refractivity contribution is 0.199. The van der Waals surface area contributed by atoms with Crippen LogP contribution in [0.15, 0.2) is 34.8 Å². The highest BCUT2D eigenvalue weighted by Gasteiger charge is 1.99. The summed E-state index contributed by atoms with van der Waals surface area (Å²) in [4.78, 5) is 0. The van der Waals surface area contributed by atoms with Crippen molar-refractivity contribution in [1.82, 2.24) is 5.32 Å². The van der Waals surface area contributed by atoms with Gasteiger partial charge in [0, 0.05) is 18.1 Å². The normalized spacial score (nSPS) is 11.3. The Labute approximate surface area is 116 Å². The first kappa shape index (κ1) is 15.3. The molecule has 0 fully saturated rings. The fraction of sp³-hybridized carbons (Fsp3) is 0.429. The van der Waals surface area contributed by atoms with E-state index in [1.54, 1.807) is 19.2 Å². The van der Waals surface area contributed by atoms with Crippen molar-refractivity contribution in [2.45, 2.75) is 12.8 Å². The highest BCUT2D eigenvalue weighted by atomic mass is 79.9. The van der Waals surface area contributed by atoms with Crippen LogP contribution in [0, 0.1) is 5.82 Å². The zero-order chi connectivity index (χ0) is 13.2. The lowest BCUT2D eigenvalue weighted by Gasteiger charge is -2.02. The molecule has 0 saturated heterocycles. The van der Waals surface area contributed by atoms with Crippen LogP contribution in [0.1, 0.15) is 12.0 Å². The third kappa shape index (κ3) is 6.28. The fourth-order valence-corrected chi connectivity index (χ4v) is 1.92. The number of halogens is 2. The van der Waals surface area contributed by atoms with Crippen LogP contribution < -0.4 is 5.32 Å². The second-order valence-corrected chi connectivity index (χ2v) is 4.80. The van der Waals surface area contributed by atoms with Crippen LogP contribution in [0.5, 0.6) is 0 Å². The molecule has 4 heteroatoms. The second kappa shape index (κ2) is 9.25. The maximum atomic E-state index is 13.0. The molecule has 0 saturated carbocycles. The Bertz CT molecular complexity index is 382. The number of allylic oxidation sites excluding steroid dienone is 1. The van der Waals surface area contributed by atoms with Crippen molar-refractivity contribution in [2.75, 3.05) is 26.8 Å². The molecule has 1 N–H and O–H groups in total. The Kier molecular flexibility index (Phi) is 7.89. The Morgan fingerprint density at radius 2 is 2.17 bits per heavy atom. The van der Waals surface area contributed by atoms with Crippen LogP contribution >= 0.6 is 15.9 Å². The number of hydrogen-bond acceptors (Lipinski definition) is 2. The van der Waals surface area contributed by atoms with Crippen LogP contribution in [0.4, 0.5) is 4.39 Å². The number of rotatable bonds is 8. The number of ether oxygens (including phenoxy) is 1. The third-order valence-corrected chi connectivity index (χ3v) is 3.26. The molecule has 0 aromatic heterocycles. The molecule has 2 nitrogen and oxygen atoms in total. The van der Waals surface area contributed by atoms with Crippen LogP contribution in [-0.4, -0.2) is 26.8 Å². The van der Waals surface area contributed by atoms with Gasteiger partial charge in [-0.25, -0.2) is 4.39 Å². The van der Waals surface area contributed by atoms with Gasteiger partial charge in [0.05, 0.1) is 6.61 Å². The SMILES string of the molecule is COCCNCCC=CCc1cc(F)ccc1Br. The molecule has 18 heavy (non-hydrogen) atoms. The van der Waals surface area contributed by atoms with Crippen molar-refractivity contribution in [1.29, 1.82) is 0 Å². The molecule has 0 bridgehead atoms. The molecule has 1 rings (SSSR count). The first-order valence-corrected chi connectivity index (χ1v) is 6.82. The van der Waals surface area contributed by atoms with Gasteiger partial charge in [-0.3, -0.25) is 0 Å². The molecule has 0 heterocycles. The van der Waals surface area contributed by atoms with Gasteiger partial charge in [0.1, 0.15) is 5.82 Å². The van der Waals surface area contributed by atoms with E-state index < -0.39 is 0 Å². The summed E-state index contributed by atoms with van der Waals surface area (Å²) in [6, 6.07) is 4.76. The summed E-state index contributed by atoms with van der Waals surface area (Å²) in [6.45, 7) is 2.55. The molecule has 0 aliphatic carbocycles. The minimum atomic E-state index is -0.192. The van der Waals surface area contributed by atoms with Crippen molar-refractivity contribution in [3.8, 4) is 0 Å². The van der Waals surface area contributed by atoms with Gasteiger partial charge in [0.15, 0.2) is 0 Å². The van der Waals surface area contributed by atoms with E-state index in [0.29, 0.717) is 0 Å². The van der Waals surface area contributed by atoms with E-state index in [1.165, 1.54) is 6.07 Å². The average molecular weight is 316 g/mol. The lowest BCUT2D eigenvalue weighted by atomic mass is 10.1. The van der Waals surface area contributed by atoms with Gasteiger partial charge < -0.3 is 10.1 Å². The monoisotopic (exact) mass is 315 g/mol. The molecule has 100 valence electrons. The van der Waals surface area contributed by atoms with Gasteiger partial charge in [0.2, 0.25) is 0 Å². The lowest BCUT2D eigenvalue weighted by Crippen LogP contribution is -2.19. The average Bonchev–Trinajstić information content (AvgIpc) is 2.36. The first-order valence-electron chi connectivity index (χ1n) is 6.02. The smallest absolute Gasteiger partial charge is 0.123 e. The highest BCUT2D eigenvalue weighted by molar-refractivity contribution is 9.10. The molecule has 0 aliphatic rings. The number of nitrogens with one attached hydrogen (secondary N) is 1. The Balaban J connectivity index is 2.21. The predicted octanol–water partition coefficient (Wildman–Crippen LogP) is 3.31. The molecule has 0 aliphatic heterocycles. The molecular weight excluding hydrogens is 297 g/mol. The summed E-state index contributed by atoms with van der Waals surface area (Å²) in [6.07, 6.45) is 5.89. The standard InChI is InChI=1S/C14H19BrFNO/c1-18-10-9-17-8-4-2-3-5-12-11-13(16)6-7-14(12)15/h2-3,6-7,11,17H,4-5,8-10H2,1H3. The summed E-state index contributed by atoms with van der Waals surface area (Å²) in [5, 5.41) is 3.26. The highest BCUT2D eigenvalue weighted by Crippen LogP contribution is 2.18. The van der Waals surface area contributed by atoms with E-state index in [1.807, 2.05) is 0 Å². The first-order chi connectivity index (χ1) is 8.74. The van der Waals surface area contributed by atoms with Crippen LogP contribution in [0.25, 0.3) is 0 Å². The fourth-order valence-electron chi connectivity index (χ4n) is 1.51. The summed E-state index contributed by atoms with van der Waals surface area (Å²) in [5.74, 6) is -0.192. The molecule has 0 radical (unpaired) electrons. The minimum Gasteiger partial charge on any atom is -0.383 e. The Morgan fingerprint density at radius 3 is 2.94 bits per heavy atom. The third-order valence-electron chi connectivity index (χ3n) is 2.48. The summed E-state index contributed by atoms with van der Waals surface area (Å²) >= 11 is 3.41. The summed E-state index contributed by atoms with van der Waals surface area (Å²) in [5.41, 5.74) is 0.971. The van der Waals surface area contributed by atoms with Crippen molar-refractivity contribution in [3.63, 3.8) is 0 Å². The van der Waals surface area contributed by atoms with E-state index in [9.17, 15) is 4.39 Å². The zero-order valence-corrected chi connectivity index (χ0v) is 12.2. The number of methoxy groups -OCH3 is 1. The molecule has 1 aromatic rings. The van der Waals surface area contributed by atoms with Crippen molar-refractivity contribution >= 4 is 15.9 Å². The van der Waals surface area contributed by atoms with E-state index in [0.717, 1.165) is 42.6 Å². The largest absolute Gasteiger partial charge is 0.383 e. The quantitative estimate of drug-likeness (QED) is 0.587. The van der Waals surface area contributed by atoms with Gasteiger partial charge in [-0.05, 0) is 43.1 Å². The van der Waals surface area contributed by atoms with Crippen LogP contribution in [0.3, 0.4) is 0 Å². The van der Waals surface area contributed by atoms with Crippen LogP contribution in [0.2, 0.25) is 0 Å². The minimum absolute atomic E-state index is 0.192.